The zero-order valence-electron chi connectivity index (χ0n) is 18.7. The molecular weight excluding hydrogens is 421 g/mol. The van der Waals surface area contributed by atoms with Crippen molar-refractivity contribution in [3.63, 3.8) is 0 Å². The smallest absolute Gasteiger partial charge is 0.228 e. The fraction of sp³-hybridized carbons (Fsp3) is 0.292. The van der Waals surface area contributed by atoms with Crippen molar-refractivity contribution in [2.75, 3.05) is 43.9 Å². The Morgan fingerprint density at radius 1 is 1.03 bits per heavy atom. The lowest BCUT2D eigenvalue weighted by Crippen LogP contribution is -2.46. The highest BCUT2D eigenvalue weighted by molar-refractivity contribution is 5.99. The number of aromatic nitrogens is 4. The molecule has 1 fully saturated rings. The van der Waals surface area contributed by atoms with Crippen LogP contribution in [0.5, 0.6) is 5.75 Å². The molecule has 1 aliphatic heterocycles. The number of aryl methyl sites for hydroxylation is 1. The van der Waals surface area contributed by atoms with Crippen molar-refractivity contribution in [1.29, 1.82) is 0 Å². The van der Waals surface area contributed by atoms with Crippen LogP contribution < -0.4 is 15.4 Å². The number of halogens is 1. The van der Waals surface area contributed by atoms with Crippen LogP contribution in [-0.4, -0.2) is 57.9 Å². The Hall–Kier alpha value is -3.72. The number of benzene rings is 2. The van der Waals surface area contributed by atoms with Crippen LogP contribution in [0.2, 0.25) is 0 Å². The van der Waals surface area contributed by atoms with Gasteiger partial charge in [0.1, 0.15) is 17.4 Å². The van der Waals surface area contributed by atoms with E-state index in [1.807, 2.05) is 36.4 Å². The molecule has 0 atom stereocenters. The van der Waals surface area contributed by atoms with Crippen LogP contribution in [0.4, 0.5) is 16.2 Å². The zero-order chi connectivity index (χ0) is 22.9. The first kappa shape index (κ1) is 21.1. The van der Waals surface area contributed by atoms with E-state index in [2.05, 4.69) is 14.9 Å². The normalized spacial score (nSPS) is 14.7. The summed E-state index contributed by atoms with van der Waals surface area (Å²) in [4.78, 5) is 14.2. The second kappa shape index (κ2) is 8.67. The van der Waals surface area contributed by atoms with Gasteiger partial charge < -0.3 is 15.4 Å². The fourth-order valence-corrected chi connectivity index (χ4v) is 4.18. The molecule has 8 nitrogen and oxygen atoms in total. The Labute approximate surface area is 191 Å². The lowest BCUT2D eigenvalue weighted by Gasteiger charge is -2.34. The third-order valence-corrected chi connectivity index (χ3v) is 6.05. The summed E-state index contributed by atoms with van der Waals surface area (Å²) >= 11 is 0. The van der Waals surface area contributed by atoms with Crippen LogP contribution in [0.1, 0.15) is 5.56 Å². The quantitative estimate of drug-likeness (QED) is 0.503. The summed E-state index contributed by atoms with van der Waals surface area (Å²) in [6.45, 7) is 4.08. The summed E-state index contributed by atoms with van der Waals surface area (Å²) in [6, 6.07) is 14.5. The summed E-state index contributed by atoms with van der Waals surface area (Å²) in [5.74, 6) is 1.70. The predicted octanol–water partition coefficient (Wildman–Crippen LogP) is 3.08. The van der Waals surface area contributed by atoms with Crippen molar-refractivity contribution in [3.05, 3.63) is 59.9 Å². The second-order valence-corrected chi connectivity index (χ2v) is 8.20. The van der Waals surface area contributed by atoms with Crippen molar-refractivity contribution in [2.45, 2.75) is 6.54 Å². The van der Waals surface area contributed by atoms with Gasteiger partial charge in [0.15, 0.2) is 5.65 Å². The topological polar surface area (TPSA) is 85.3 Å². The van der Waals surface area contributed by atoms with Crippen molar-refractivity contribution in [3.8, 4) is 17.0 Å². The summed E-state index contributed by atoms with van der Waals surface area (Å²) in [5, 5.41) is 5.26. The molecule has 9 heteroatoms. The SMILES string of the molecule is COc1cccc(-c2nc(N3CCN(Cc4ccc(F)cc4)CC3)nc3nn(C)c(N)c23)c1. The minimum atomic E-state index is -0.210. The molecule has 33 heavy (non-hydrogen) atoms. The molecular formula is C24H26FN7O. The molecule has 0 unspecified atom stereocenters. The van der Waals surface area contributed by atoms with Gasteiger partial charge in [-0.05, 0) is 29.8 Å². The first-order valence-corrected chi connectivity index (χ1v) is 10.9. The van der Waals surface area contributed by atoms with E-state index in [0.29, 0.717) is 17.4 Å². The molecule has 0 saturated carbocycles. The molecule has 0 aliphatic carbocycles. The number of methoxy groups -OCH3 is 1. The van der Waals surface area contributed by atoms with Crippen LogP contribution in [0, 0.1) is 5.82 Å². The Balaban J connectivity index is 1.42. The summed E-state index contributed by atoms with van der Waals surface area (Å²) < 4.78 is 20.2. The fourth-order valence-electron chi connectivity index (χ4n) is 4.18. The number of fused-ring (bicyclic) bond motifs is 1. The van der Waals surface area contributed by atoms with Gasteiger partial charge in [0.05, 0.1) is 18.2 Å². The molecule has 3 heterocycles. The molecule has 0 bridgehead atoms. The van der Waals surface area contributed by atoms with Gasteiger partial charge in [-0.15, -0.1) is 0 Å². The second-order valence-electron chi connectivity index (χ2n) is 8.20. The van der Waals surface area contributed by atoms with E-state index >= 15 is 0 Å². The van der Waals surface area contributed by atoms with Crippen LogP contribution in [0.3, 0.4) is 0 Å². The molecule has 2 N–H and O–H groups in total. The highest BCUT2D eigenvalue weighted by atomic mass is 19.1. The van der Waals surface area contributed by atoms with Crippen molar-refractivity contribution in [2.24, 2.45) is 7.05 Å². The number of rotatable bonds is 5. The number of anilines is 2. The van der Waals surface area contributed by atoms with Crippen molar-refractivity contribution < 1.29 is 9.13 Å². The van der Waals surface area contributed by atoms with Gasteiger partial charge >= 0.3 is 0 Å². The van der Waals surface area contributed by atoms with E-state index in [0.717, 1.165) is 60.7 Å². The molecule has 1 saturated heterocycles. The van der Waals surface area contributed by atoms with Gasteiger partial charge in [-0.2, -0.15) is 10.1 Å². The van der Waals surface area contributed by atoms with E-state index in [9.17, 15) is 4.39 Å². The third-order valence-electron chi connectivity index (χ3n) is 6.05. The number of ether oxygens (including phenoxy) is 1. The molecule has 0 amide bonds. The summed E-state index contributed by atoms with van der Waals surface area (Å²) in [5.41, 5.74) is 9.65. The predicted molar refractivity (Wildman–Crippen MR) is 127 cm³/mol. The van der Waals surface area contributed by atoms with Gasteiger partial charge in [-0.25, -0.2) is 9.37 Å². The molecule has 170 valence electrons. The van der Waals surface area contributed by atoms with Crippen molar-refractivity contribution >= 4 is 22.8 Å². The van der Waals surface area contributed by atoms with Crippen LogP contribution in [0.15, 0.2) is 48.5 Å². The largest absolute Gasteiger partial charge is 0.497 e. The molecule has 1 aliphatic rings. The zero-order valence-corrected chi connectivity index (χ0v) is 18.7. The van der Waals surface area contributed by atoms with E-state index in [1.165, 1.54) is 12.1 Å². The molecule has 0 spiro atoms. The maximum Gasteiger partial charge on any atom is 0.228 e. The van der Waals surface area contributed by atoms with Gasteiger partial charge in [0.25, 0.3) is 0 Å². The molecule has 4 aromatic rings. The standard InChI is InChI=1S/C24H26FN7O/c1-30-22(26)20-21(17-4-3-5-19(14-17)33-2)27-24(28-23(20)29-30)32-12-10-31(11-13-32)15-16-6-8-18(25)9-7-16/h3-9,14H,10-13,15,26H2,1-2H3. The number of hydrogen-bond acceptors (Lipinski definition) is 7. The molecule has 2 aromatic heterocycles. The average Bonchev–Trinajstić information content (AvgIpc) is 3.13. The van der Waals surface area contributed by atoms with Gasteiger partial charge in [0, 0.05) is 45.3 Å². The minimum absolute atomic E-state index is 0.210. The number of nitrogens with zero attached hydrogens (tertiary/aromatic N) is 6. The highest BCUT2D eigenvalue weighted by Gasteiger charge is 2.23. The van der Waals surface area contributed by atoms with E-state index in [4.69, 9.17) is 20.4 Å². The maximum atomic E-state index is 13.2. The lowest BCUT2D eigenvalue weighted by molar-refractivity contribution is 0.248. The first-order chi connectivity index (χ1) is 16.0. The van der Waals surface area contributed by atoms with Crippen LogP contribution in [-0.2, 0) is 13.6 Å². The average molecular weight is 448 g/mol. The number of nitrogen functional groups attached to an aromatic ring is 1. The Bertz CT molecular complexity index is 1280. The third kappa shape index (κ3) is 4.19. The van der Waals surface area contributed by atoms with E-state index in [-0.39, 0.29) is 5.82 Å². The number of hydrogen-bond donors (Lipinski definition) is 1. The Morgan fingerprint density at radius 2 is 1.79 bits per heavy atom. The van der Waals surface area contributed by atoms with E-state index in [1.54, 1.807) is 18.8 Å². The van der Waals surface area contributed by atoms with Crippen LogP contribution >= 0.6 is 0 Å². The molecule has 5 rings (SSSR count). The number of nitrogens with two attached hydrogens (primary N) is 1. The minimum Gasteiger partial charge on any atom is -0.497 e. The van der Waals surface area contributed by atoms with Crippen molar-refractivity contribution in [1.82, 2.24) is 24.6 Å². The van der Waals surface area contributed by atoms with E-state index < -0.39 is 0 Å². The van der Waals surface area contributed by atoms with Gasteiger partial charge in [-0.3, -0.25) is 9.58 Å². The summed E-state index contributed by atoms with van der Waals surface area (Å²) in [7, 11) is 3.45. The highest BCUT2D eigenvalue weighted by Crippen LogP contribution is 2.33. The Morgan fingerprint density at radius 3 is 2.52 bits per heavy atom. The first-order valence-electron chi connectivity index (χ1n) is 10.9. The monoisotopic (exact) mass is 447 g/mol. The molecule has 2 aromatic carbocycles. The molecule has 0 radical (unpaired) electrons. The lowest BCUT2D eigenvalue weighted by atomic mass is 10.1. The summed E-state index contributed by atoms with van der Waals surface area (Å²) in [6.07, 6.45) is 0. The number of piperazine rings is 1. The Kier molecular flexibility index (Phi) is 5.55. The maximum absolute atomic E-state index is 13.2. The van der Waals surface area contributed by atoms with Gasteiger partial charge in [-0.1, -0.05) is 24.3 Å². The van der Waals surface area contributed by atoms with Crippen LogP contribution in [0.25, 0.3) is 22.3 Å². The van der Waals surface area contributed by atoms with Gasteiger partial charge in [0.2, 0.25) is 5.95 Å².